The van der Waals surface area contributed by atoms with Gasteiger partial charge in [-0.3, -0.25) is 0 Å². The van der Waals surface area contributed by atoms with Crippen molar-refractivity contribution in [1.82, 2.24) is 0 Å². The molecule has 0 saturated heterocycles. The minimum Gasteiger partial charge on any atom is -0.399 e. The summed E-state index contributed by atoms with van der Waals surface area (Å²) in [6.45, 7) is -0.0470. The van der Waals surface area contributed by atoms with Crippen molar-refractivity contribution < 1.29 is 5.11 Å². The van der Waals surface area contributed by atoms with Gasteiger partial charge in [0, 0.05) is 22.5 Å². The molecule has 2 aromatic carbocycles. The maximum atomic E-state index is 9.13. The van der Waals surface area contributed by atoms with E-state index in [-0.39, 0.29) is 6.61 Å². The summed E-state index contributed by atoms with van der Waals surface area (Å²) in [6, 6.07) is 13.1. The number of nitrogen functional groups attached to an aromatic ring is 2. The fourth-order valence-corrected chi connectivity index (χ4v) is 1.67. The third kappa shape index (κ3) is 1.85. The molecule has 0 spiro atoms. The zero-order chi connectivity index (χ0) is 11.5. The van der Waals surface area contributed by atoms with E-state index in [0.717, 1.165) is 22.4 Å². The highest BCUT2D eigenvalue weighted by Gasteiger charge is 2.05. The Hall–Kier alpha value is -2.00. The van der Waals surface area contributed by atoms with E-state index in [1.165, 1.54) is 0 Å². The van der Waals surface area contributed by atoms with Crippen LogP contribution in [0.5, 0.6) is 0 Å². The second kappa shape index (κ2) is 4.24. The lowest BCUT2D eigenvalue weighted by atomic mass is 10.0. The van der Waals surface area contributed by atoms with Gasteiger partial charge in [0.1, 0.15) is 0 Å². The maximum absolute atomic E-state index is 9.13. The number of benzene rings is 2. The average Bonchev–Trinajstić information content (AvgIpc) is 2.31. The molecule has 82 valence electrons. The summed E-state index contributed by atoms with van der Waals surface area (Å²) in [4.78, 5) is 0. The summed E-state index contributed by atoms with van der Waals surface area (Å²) in [6.07, 6.45) is 0. The van der Waals surface area contributed by atoms with Crippen LogP contribution >= 0.6 is 0 Å². The van der Waals surface area contributed by atoms with Gasteiger partial charge in [0.15, 0.2) is 0 Å². The van der Waals surface area contributed by atoms with Crippen molar-refractivity contribution in [3.8, 4) is 11.1 Å². The van der Waals surface area contributed by atoms with Gasteiger partial charge < -0.3 is 16.6 Å². The minimum atomic E-state index is -0.0470. The van der Waals surface area contributed by atoms with Gasteiger partial charge in [0.05, 0.1) is 6.61 Å². The number of hydrogen-bond acceptors (Lipinski definition) is 3. The van der Waals surface area contributed by atoms with E-state index >= 15 is 0 Å². The third-order valence-corrected chi connectivity index (χ3v) is 2.59. The summed E-state index contributed by atoms with van der Waals surface area (Å²) in [5.74, 6) is 0. The first-order chi connectivity index (χ1) is 7.72. The molecule has 3 nitrogen and oxygen atoms in total. The molecule has 0 aliphatic carbocycles. The Balaban J connectivity index is 2.51. The van der Waals surface area contributed by atoms with E-state index in [9.17, 15) is 0 Å². The molecule has 2 aromatic rings. The van der Waals surface area contributed by atoms with Gasteiger partial charge in [0.2, 0.25) is 0 Å². The van der Waals surface area contributed by atoms with E-state index in [1.54, 1.807) is 0 Å². The van der Waals surface area contributed by atoms with Crippen LogP contribution in [0.3, 0.4) is 0 Å². The number of rotatable bonds is 2. The van der Waals surface area contributed by atoms with Gasteiger partial charge in [-0.2, -0.15) is 0 Å². The van der Waals surface area contributed by atoms with Crippen LogP contribution in [0.4, 0.5) is 11.4 Å². The number of aliphatic hydroxyl groups is 1. The van der Waals surface area contributed by atoms with Crippen LogP contribution in [0.15, 0.2) is 42.5 Å². The van der Waals surface area contributed by atoms with Crippen LogP contribution < -0.4 is 11.5 Å². The molecule has 16 heavy (non-hydrogen) atoms. The fourth-order valence-electron chi connectivity index (χ4n) is 1.67. The van der Waals surface area contributed by atoms with Crippen molar-refractivity contribution in [3.05, 3.63) is 48.0 Å². The second-order valence-corrected chi connectivity index (χ2v) is 3.66. The molecule has 0 aliphatic rings. The molecule has 0 heterocycles. The first kappa shape index (κ1) is 10.5. The zero-order valence-electron chi connectivity index (χ0n) is 8.85. The molecule has 2 rings (SSSR count). The molecule has 5 N–H and O–H groups in total. The first-order valence-electron chi connectivity index (χ1n) is 5.06. The number of nitrogens with two attached hydrogens (primary N) is 2. The topological polar surface area (TPSA) is 72.3 Å². The predicted molar refractivity (Wildman–Crippen MR) is 66.6 cm³/mol. The predicted octanol–water partition coefficient (Wildman–Crippen LogP) is 2.01. The SMILES string of the molecule is Nc1ccc(-c2cccc(CO)c2N)cc1. The minimum absolute atomic E-state index is 0.0470. The Bertz CT molecular complexity index is 492. The van der Waals surface area contributed by atoms with Crippen molar-refractivity contribution in [2.24, 2.45) is 0 Å². The third-order valence-electron chi connectivity index (χ3n) is 2.59. The molecule has 0 atom stereocenters. The highest BCUT2D eigenvalue weighted by atomic mass is 16.3. The Morgan fingerprint density at radius 2 is 1.62 bits per heavy atom. The summed E-state index contributed by atoms with van der Waals surface area (Å²) in [5.41, 5.74) is 15.6. The van der Waals surface area contributed by atoms with Crippen LogP contribution in [-0.2, 0) is 6.61 Å². The highest BCUT2D eigenvalue weighted by molar-refractivity contribution is 5.79. The molecular weight excluding hydrogens is 200 g/mol. The van der Waals surface area contributed by atoms with E-state index in [2.05, 4.69) is 0 Å². The van der Waals surface area contributed by atoms with Gasteiger partial charge >= 0.3 is 0 Å². The molecule has 3 heteroatoms. The van der Waals surface area contributed by atoms with E-state index in [0.29, 0.717) is 5.69 Å². The Labute approximate surface area is 94.3 Å². The summed E-state index contributed by atoms with van der Waals surface area (Å²) >= 11 is 0. The van der Waals surface area contributed by atoms with E-state index in [1.807, 2.05) is 42.5 Å². The van der Waals surface area contributed by atoms with Crippen LogP contribution in [0, 0.1) is 0 Å². The van der Waals surface area contributed by atoms with Gasteiger partial charge in [0.25, 0.3) is 0 Å². The molecule has 0 aromatic heterocycles. The van der Waals surface area contributed by atoms with E-state index < -0.39 is 0 Å². The standard InChI is InChI=1S/C13H14N2O/c14-11-6-4-9(5-7-11)12-3-1-2-10(8-16)13(12)15/h1-7,16H,8,14-15H2. The lowest BCUT2D eigenvalue weighted by molar-refractivity contribution is 0.282. The van der Waals surface area contributed by atoms with Gasteiger partial charge in [-0.25, -0.2) is 0 Å². The van der Waals surface area contributed by atoms with Gasteiger partial charge in [-0.15, -0.1) is 0 Å². The van der Waals surface area contributed by atoms with E-state index in [4.69, 9.17) is 16.6 Å². The maximum Gasteiger partial charge on any atom is 0.0702 e. The largest absolute Gasteiger partial charge is 0.399 e. The van der Waals surface area contributed by atoms with Crippen LogP contribution in [0.1, 0.15) is 5.56 Å². The van der Waals surface area contributed by atoms with Crippen molar-refractivity contribution >= 4 is 11.4 Å². The normalized spacial score (nSPS) is 10.3. The molecule has 0 unspecified atom stereocenters. The van der Waals surface area contributed by atoms with Crippen molar-refractivity contribution in [1.29, 1.82) is 0 Å². The molecule has 0 bridgehead atoms. The van der Waals surface area contributed by atoms with Crippen LogP contribution in [-0.4, -0.2) is 5.11 Å². The number of aliphatic hydroxyl groups excluding tert-OH is 1. The molecule has 0 amide bonds. The second-order valence-electron chi connectivity index (χ2n) is 3.66. The lowest BCUT2D eigenvalue weighted by Gasteiger charge is -2.09. The molecular formula is C13H14N2O. The summed E-state index contributed by atoms with van der Waals surface area (Å²) < 4.78 is 0. The lowest BCUT2D eigenvalue weighted by Crippen LogP contribution is -1.97. The summed E-state index contributed by atoms with van der Waals surface area (Å²) in [5, 5.41) is 9.13. The van der Waals surface area contributed by atoms with Gasteiger partial charge in [-0.1, -0.05) is 30.3 Å². The average molecular weight is 214 g/mol. The smallest absolute Gasteiger partial charge is 0.0702 e. The van der Waals surface area contributed by atoms with Crippen molar-refractivity contribution in [2.75, 3.05) is 11.5 Å². The molecule has 0 fully saturated rings. The Kier molecular flexibility index (Phi) is 2.79. The monoisotopic (exact) mass is 214 g/mol. The quantitative estimate of drug-likeness (QED) is 0.669. The van der Waals surface area contributed by atoms with Gasteiger partial charge in [-0.05, 0) is 17.7 Å². The number of para-hydroxylation sites is 1. The first-order valence-corrected chi connectivity index (χ1v) is 5.06. The van der Waals surface area contributed by atoms with Crippen molar-refractivity contribution in [3.63, 3.8) is 0 Å². The number of anilines is 2. The number of hydrogen-bond donors (Lipinski definition) is 3. The van der Waals surface area contributed by atoms with Crippen molar-refractivity contribution in [2.45, 2.75) is 6.61 Å². The zero-order valence-corrected chi connectivity index (χ0v) is 8.85. The molecule has 0 aliphatic heterocycles. The van der Waals surface area contributed by atoms with Crippen LogP contribution in [0.2, 0.25) is 0 Å². The summed E-state index contributed by atoms with van der Waals surface area (Å²) in [7, 11) is 0. The Morgan fingerprint density at radius 1 is 0.938 bits per heavy atom. The fraction of sp³-hybridized carbons (Fsp3) is 0.0769. The highest BCUT2D eigenvalue weighted by Crippen LogP contribution is 2.29. The Morgan fingerprint density at radius 3 is 2.25 bits per heavy atom. The van der Waals surface area contributed by atoms with Crippen LogP contribution in [0.25, 0.3) is 11.1 Å². The molecule has 0 saturated carbocycles. The molecule has 0 radical (unpaired) electrons.